The monoisotopic (exact) mass is 291 g/mol. The summed E-state index contributed by atoms with van der Waals surface area (Å²) in [6.45, 7) is 1.82. The number of rotatable bonds is 2. The summed E-state index contributed by atoms with van der Waals surface area (Å²) < 4.78 is -0.0635. The van der Waals surface area contributed by atoms with Gasteiger partial charge in [-0.15, -0.1) is 0 Å². The molecule has 70 valence electrons. The van der Waals surface area contributed by atoms with Crippen molar-refractivity contribution < 1.29 is 9.90 Å². The van der Waals surface area contributed by atoms with Crippen molar-refractivity contribution in [3.8, 4) is 5.75 Å². The first-order valence-electron chi connectivity index (χ1n) is 3.83. The topological polar surface area (TPSA) is 49.3 Å². The molecule has 3 nitrogen and oxygen atoms in total. The number of alkyl halides is 1. The van der Waals surface area contributed by atoms with E-state index in [1.807, 2.05) is 29.5 Å². The van der Waals surface area contributed by atoms with E-state index in [2.05, 4.69) is 5.32 Å². The van der Waals surface area contributed by atoms with Gasteiger partial charge in [-0.05, 0) is 31.2 Å². The summed E-state index contributed by atoms with van der Waals surface area (Å²) in [4.78, 5) is 11.2. The third-order valence-corrected chi connectivity index (χ3v) is 2.06. The average molecular weight is 291 g/mol. The number of anilines is 1. The van der Waals surface area contributed by atoms with Crippen LogP contribution in [0.15, 0.2) is 24.3 Å². The van der Waals surface area contributed by atoms with Crippen molar-refractivity contribution in [3.63, 3.8) is 0 Å². The Morgan fingerprint density at radius 1 is 1.46 bits per heavy atom. The number of amides is 1. The molecule has 0 radical (unpaired) electrons. The Morgan fingerprint density at radius 3 is 2.46 bits per heavy atom. The van der Waals surface area contributed by atoms with Gasteiger partial charge in [-0.25, -0.2) is 0 Å². The molecule has 0 saturated heterocycles. The van der Waals surface area contributed by atoms with Crippen LogP contribution in [0.25, 0.3) is 0 Å². The maximum Gasteiger partial charge on any atom is 0.237 e. The van der Waals surface area contributed by atoms with E-state index >= 15 is 0 Å². The van der Waals surface area contributed by atoms with Crippen molar-refractivity contribution in [2.45, 2.75) is 10.8 Å². The molecule has 13 heavy (non-hydrogen) atoms. The van der Waals surface area contributed by atoms with Gasteiger partial charge in [0, 0.05) is 5.69 Å². The molecule has 0 aliphatic rings. The summed E-state index contributed by atoms with van der Waals surface area (Å²) in [5.41, 5.74) is 0.700. The van der Waals surface area contributed by atoms with E-state index in [0.29, 0.717) is 5.69 Å². The fraction of sp³-hybridized carbons (Fsp3) is 0.222. The zero-order valence-corrected chi connectivity index (χ0v) is 9.28. The van der Waals surface area contributed by atoms with Gasteiger partial charge in [-0.2, -0.15) is 0 Å². The predicted molar refractivity (Wildman–Crippen MR) is 60.2 cm³/mol. The summed E-state index contributed by atoms with van der Waals surface area (Å²) in [6, 6.07) is 6.39. The maximum absolute atomic E-state index is 11.2. The van der Waals surface area contributed by atoms with Gasteiger partial charge in [-0.1, -0.05) is 22.6 Å². The van der Waals surface area contributed by atoms with Gasteiger partial charge in [0.2, 0.25) is 5.91 Å². The Balaban J connectivity index is 2.65. The number of halogens is 1. The number of phenols is 1. The lowest BCUT2D eigenvalue weighted by atomic mass is 10.3. The highest BCUT2D eigenvalue weighted by atomic mass is 127. The van der Waals surface area contributed by atoms with Crippen LogP contribution in [-0.2, 0) is 4.79 Å². The normalized spacial score (nSPS) is 12.2. The van der Waals surface area contributed by atoms with Crippen LogP contribution >= 0.6 is 22.6 Å². The van der Waals surface area contributed by atoms with Crippen molar-refractivity contribution in [1.82, 2.24) is 0 Å². The minimum atomic E-state index is -0.0635. The molecule has 0 fully saturated rings. The van der Waals surface area contributed by atoms with E-state index in [0.717, 1.165) is 0 Å². The van der Waals surface area contributed by atoms with Crippen molar-refractivity contribution in [1.29, 1.82) is 0 Å². The number of carbonyl (C=O) groups excluding carboxylic acids is 1. The first-order valence-corrected chi connectivity index (χ1v) is 5.08. The number of carbonyl (C=O) groups is 1. The molecule has 1 atom stereocenters. The van der Waals surface area contributed by atoms with Crippen LogP contribution in [0.5, 0.6) is 5.75 Å². The highest BCUT2D eigenvalue weighted by Crippen LogP contribution is 2.14. The highest BCUT2D eigenvalue weighted by Gasteiger charge is 2.07. The Bertz CT molecular complexity index is 295. The smallest absolute Gasteiger partial charge is 0.237 e. The van der Waals surface area contributed by atoms with E-state index < -0.39 is 0 Å². The molecule has 4 heteroatoms. The molecule has 1 amide bonds. The fourth-order valence-electron chi connectivity index (χ4n) is 0.786. The van der Waals surface area contributed by atoms with E-state index in [4.69, 9.17) is 5.11 Å². The summed E-state index contributed by atoms with van der Waals surface area (Å²) in [5.74, 6) is 0.159. The maximum atomic E-state index is 11.2. The lowest BCUT2D eigenvalue weighted by Gasteiger charge is -2.05. The lowest BCUT2D eigenvalue weighted by molar-refractivity contribution is -0.115. The van der Waals surface area contributed by atoms with Gasteiger partial charge < -0.3 is 10.4 Å². The minimum Gasteiger partial charge on any atom is -0.508 e. The van der Waals surface area contributed by atoms with Gasteiger partial charge in [0.25, 0.3) is 0 Å². The molecule has 0 aromatic heterocycles. The molecule has 0 bridgehead atoms. The molecule has 1 unspecified atom stereocenters. The van der Waals surface area contributed by atoms with Crippen LogP contribution in [0.3, 0.4) is 0 Å². The summed E-state index contributed by atoms with van der Waals surface area (Å²) >= 11 is 2.04. The quantitative estimate of drug-likeness (QED) is 0.498. The number of aromatic hydroxyl groups is 1. The van der Waals surface area contributed by atoms with E-state index in [9.17, 15) is 4.79 Å². The average Bonchev–Trinajstić information content (AvgIpc) is 2.08. The molecular weight excluding hydrogens is 281 g/mol. The summed E-state index contributed by atoms with van der Waals surface area (Å²) in [6.07, 6.45) is 0. The number of benzene rings is 1. The predicted octanol–water partition coefficient (Wildman–Crippen LogP) is 2.15. The molecule has 0 aliphatic carbocycles. The van der Waals surface area contributed by atoms with E-state index in [1.54, 1.807) is 12.1 Å². The molecule has 0 aliphatic heterocycles. The van der Waals surface area contributed by atoms with Gasteiger partial charge in [0.1, 0.15) is 5.75 Å². The van der Waals surface area contributed by atoms with Crippen LogP contribution in [0.4, 0.5) is 5.69 Å². The SMILES string of the molecule is CC(I)C(=O)Nc1ccc(O)cc1. The van der Waals surface area contributed by atoms with Gasteiger partial charge in [0.15, 0.2) is 0 Å². The van der Waals surface area contributed by atoms with Gasteiger partial charge in [-0.3, -0.25) is 4.79 Å². The highest BCUT2D eigenvalue weighted by molar-refractivity contribution is 14.1. The van der Waals surface area contributed by atoms with Crippen LogP contribution in [0.2, 0.25) is 0 Å². The summed E-state index contributed by atoms with van der Waals surface area (Å²) in [5, 5.41) is 11.7. The second-order valence-electron chi connectivity index (χ2n) is 2.65. The molecule has 1 aromatic rings. The van der Waals surface area contributed by atoms with Crippen molar-refractivity contribution in [2.24, 2.45) is 0 Å². The Labute approximate surface area is 90.3 Å². The molecule has 0 saturated carbocycles. The second kappa shape index (κ2) is 4.45. The van der Waals surface area contributed by atoms with Crippen LogP contribution in [-0.4, -0.2) is 14.9 Å². The van der Waals surface area contributed by atoms with Gasteiger partial charge in [0.05, 0.1) is 3.92 Å². The number of nitrogens with one attached hydrogen (secondary N) is 1. The lowest BCUT2D eigenvalue weighted by Crippen LogP contribution is -2.19. The van der Waals surface area contributed by atoms with Crippen molar-refractivity contribution in [2.75, 3.05) is 5.32 Å². The molecule has 1 aromatic carbocycles. The van der Waals surface area contributed by atoms with Crippen molar-refractivity contribution >= 4 is 34.2 Å². The molecule has 0 spiro atoms. The number of hydrogen-bond donors (Lipinski definition) is 2. The molecule has 2 N–H and O–H groups in total. The Hall–Kier alpha value is -0.780. The van der Waals surface area contributed by atoms with Crippen LogP contribution in [0.1, 0.15) is 6.92 Å². The third-order valence-electron chi connectivity index (χ3n) is 1.50. The Kier molecular flexibility index (Phi) is 3.53. The molecule has 0 heterocycles. The minimum absolute atomic E-state index is 0.0358. The van der Waals surface area contributed by atoms with Crippen LogP contribution in [0, 0.1) is 0 Å². The molecular formula is C9H10INO2. The van der Waals surface area contributed by atoms with Crippen molar-refractivity contribution in [3.05, 3.63) is 24.3 Å². The second-order valence-corrected chi connectivity index (χ2v) is 4.52. The van der Waals surface area contributed by atoms with Crippen LogP contribution < -0.4 is 5.32 Å². The standard InChI is InChI=1S/C9H10INO2/c1-6(10)9(13)11-7-2-4-8(12)5-3-7/h2-6,12H,1H3,(H,11,13). The first-order chi connectivity index (χ1) is 6.09. The molecule has 1 rings (SSSR count). The fourth-order valence-corrected chi connectivity index (χ4v) is 0.942. The Morgan fingerprint density at radius 2 is 2.00 bits per heavy atom. The zero-order valence-electron chi connectivity index (χ0n) is 7.12. The summed E-state index contributed by atoms with van der Waals surface area (Å²) in [7, 11) is 0. The number of phenolic OH excluding ortho intramolecular Hbond substituents is 1. The number of hydrogen-bond acceptors (Lipinski definition) is 2. The largest absolute Gasteiger partial charge is 0.508 e. The zero-order chi connectivity index (χ0) is 9.84. The first kappa shape index (κ1) is 10.3. The van der Waals surface area contributed by atoms with E-state index in [-0.39, 0.29) is 15.6 Å². The third kappa shape index (κ3) is 3.22. The van der Waals surface area contributed by atoms with Gasteiger partial charge >= 0.3 is 0 Å². The van der Waals surface area contributed by atoms with E-state index in [1.165, 1.54) is 12.1 Å².